The Morgan fingerprint density at radius 3 is 1.80 bits per heavy atom. The van der Waals surface area contributed by atoms with Crippen molar-refractivity contribution >= 4 is 43.5 Å². The van der Waals surface area contributed by atoms with Gasteiger partial charge in [-0.1, -0.05) is 109 Å². The minimum absolute atomic E-state index is 0.883. The highest BCUT2D eigenvalue weighted by atomic mass is 32.1. The van der Waals surface area contributed by atoms with E-state index in [4.69, 9.17) is 9.40 Å². The lowest BCUT2D eigenvalue weighted by Gasteiger charge is -2.09. The van der Waals surface area contributed by atoms with Crippen molar-refractivity contribution in [1.82, 2.24) is 4.98 Å². The Kier molecular flexibility index (Phi) is 5.35. The highest BCUT2D eigenvalue weighted by Gasteiger charge is 2.17. The summed E-state index contributed by atoms with van der Waals surface area (Å²) in [5.74, 6) is 0. The van der Waals surface area contributed by atoms with Crippen molar-refractivity contribution in [3.05, 3.63) is 140 Å². The number of hydrogen-bond acceptors (Lipinski definition) is 3. The van der Waals surface area contributed by atoms with Crippen LogP contribution in [0.5, 0.6) is 0 Å². The van der Waals surface area contributed by atoms with E-state index in [2.05, 4.69) is 115 Å². The third-order valence-electron chi connectivity index (χ3n) is 7.54. The predicted molar refractivity (Wildman–Crippen MR) is 169 cm³/mol. The van der Waals surface area contributed by atoms with E-state index >= 15 is 0 Å². The van der Waals surface area contributed by atoms with E-state index in [0.717, 1.165) is 49.2 Å². The molecule has 40 heavy (non-hydrogen) atoms. The summed E-state index contributed by atoms with van der Waals surface area (Å²) < 4.78 is 7.55. The molecule has 0 N–H and O–H groups in total. The minimum Gasteiger partial charge on any atom is -0.456 e. The standard InChI is InChI=1S/C37H23NOS/c1-2-8-24(9-3-1)25-14-16-26(17-15-25)27-18-20-28(21-19-27)31-22-29(37-38-32-11-5-7-13-35(32)40-37)23-34-36(31)30-10-4-6-12-33(30)39-34/h1-23H. The quantitative estimate of drug-likeness (QED) is 0.227. The van der Waals surface area contributed by atoms with E-state index in [1.807, 2.05) is 24.3 Å². The topological polar surface area (TPSA) is 26.0 Å². The molecule has 2 aromatic heterocycles. The molecule has 8 rings (SSSR count). The number of benzene rings is 6. The van der Waals surface area contributed by atoms with Crippen molar-refractivity contribution in [2.24, 2.45) is 0 Å². The molecule has 6 aromatic carbocycles. The second kappa shape index (κ2) is 9.33. The molecule has 0 spiro atoms. The molecule has 0 aliphatic carbocycles. The van der Waals surface area contributed by atoms with Gasteiger partial charge in [-0.15, -0.1) is 11.3 Å². The Bertz CT molecular complexity index is 2100. The van der Waals surface area contributed by atoms with Crippen LogP contribution in [0.3, 0.4) is 0 Å². The van der Waals surface area contributed by atoms with Crippen molar-refractivity contribution < 1.29 is 4.42 Å². The van der Waals surface area contributed by atoms with E-state index in [1.54, 1.807) is 11.3 Å². The molecule has 0 fully saturated rings. The molecule has 2 heterocycles. The van der Waals surface area contributed by atoms with E-state index in [0.29, 0.717) is 0 Å². The van der Waals surface area contributed by atoms with Gasteiger partial charge in [0.25, 0.3) is 0 Å². The first-order valence-corrected chi connectivity index (χ1v) is 14.2. The van der Waals surface area contributed by atoms with Gasteiger partial charge in [-0.25, -0.2) is 4.98 Å². The van der Waals surface area contributed by atoms with Crippen molar-refractivity contribution in [2.45, 2.75) is 0 Å². The maximum atomic E-state index is 6.37. The van der Waals surface area contributed by atoms with Crippen molar-refractivity contribution in [2.75, 3.05) is 0 Å². The van der Waals surface area contributed by atoms with Crippen molar-refractivity contribution in [3.63, 3.8) is 0 Å². The van der Waals surface area contributed by atoms with Crippen LogP contribution in [-0.2, 0) is 0 Å². The predicted octanol–water partition coefficient (Wildman–Crippen LogP) is 10.9. The normalized spacial score (nSPS) is 11.5. The van der Waals surface area contributed by atoms with E-state index in [1.165, 1.54) is 27.0 Å². The van der Waals surface area contributed by atoms with Crippen molar-refractivity contribution in [1.29, 1.82) is 0 Å². The first-order chi connectivity index (χ1) is 19.8. The van der Waals surface area contributed by atoms with Crippen LogP contribution in [0, 0.1) is 0 Å². The van der Waals surface area contributed by atoms with Crippen LogP contribution in [0.15, 0.2) is 144 Å². The number of fused-ring (bicyclic) bond motifs is 4. The van der Waals surface area contributed by atoms with E-state index in [-0.39, 0.29) is 0 Å². The molecule has 0 aliphatic rings. The lowest BCUT2D eigenvalue weighted by molar-refractivity contribution is 0.669. The van der Waals surface area contributed by atoms with Crippen LogP contribution < -0.4 is 0 Å². The minimum atomic E-state index is 0.883. The molecule has 0 saturated carbocycles. The molecular weight excluding hydrogens is 506 g/mol. The van der Waals surface area contributed by atoms with Gasteiger partial charge in [-0.05, 0) is 63.7 Å². The molecule has 0 aliphatic heterocycles. The van der Waals surface area contributed by atoms with Crippen molar-refractivity contribution in [3.8, 4) is 44.0 Å². The van der Waals surface area contributed by atoms with Gasteiger partial charge >= 0.3 is 0 Å². The number of para-hydroxylation sites is 2. The molecule has 0 atom stereocenters. The van der Waals surface area contributed by atoms with Gasteiger partial charge in [0.15, 0.2) is 0 Å². The fraction of sp³-hybridized carbons (Fsp3) is 0. The van der Waals surface area contributed by atoms with Gasteiger partial charge in [0, 0.05) is 16.3 Å². The number of hydrogen-bond donors (Lipinski definition) is 0. The number of thiazole rings is 1. The maximum absolute atomic E-state index is 6.37. The zero-order valence-electron chi connectivity index (χ0n) is 21.5. The smallest absolute Gasteiger partial charge is 0.136 e. The molecule has 0 radical (unpaired) electrons. The van der Waals surface area contributed by atoms with Crippen LogP contribution in [0.2, 0.25) is 0 Å². The third kappa shape index (κ3) is 3.91. The molecule has 0 saturated heterocycles. The number of furan rings is 1. The van der Waals surface area contributed by atoms with Crippen LogP contribution in [0.4, 0.5) is 0 Å². The molecule has 0 unspecified atom stereocenters. The molecular formula is C37H23NOS. The summed E-state index contributed by atoms with van der Waals surface area (Å²) in [6.45, 7) is 0. The van der Waals surface area contributed by atoms with Gasteiger partial charge in [-0.3, -0.25) is 0 Å². The van der Waals surface area contributed by atoms with Gasteiger partial charge in [0.1, 0.15) is 16.2 Å². The first kappa shape index (κ1) is 22.9. The summed E-state index contributed by atoms with van der Waals surface area (Å²) in [4.78, 5) is 4.94. The zero-order valence-corrected chi connectivity index (χ0v) is 22.4. The van der Waals surface area contributed by atoms with Gasteiger partial charge in [-0.2, -0.15) is 0 Å². The molecule has 188 valence electrons. The number of aromatic nitrogens is 1. The number of rotatable bonds is 4. The Balaban J connectivity index is 1.23. The van der Waals surface area contributed by atoms with Crippen LogP contribution >= 0.6 is 11.3 Å². The maximum Gasteiger partial charge on any atom is 0.136 e. The Morgan fingerprint density at radius 2 is 1.07 bits per heavy atom. The summed E-state index contributed by atoms with van der Waals surface area (Å²) in [6.07, 6.45) is 0. The summed E-state index contributed by atoms with van der Waals surface area (Å²) >= 11 is 1.72. The summed E-state index contributed by atoms with van der Waals surface area (Å²) in [7, 11) is 0. The second-order valence-corrected chi connectivity index (χ2v) is 11.0. The van der Waals surface area contributed by atoms with Crippen LogP contribution in [0.25, 0.3) is 76.1 Å². The molecule has 8 aromatic rings. The largest absolute Gasteiger partial charge is 0.456 e. The SMILES string of the molecule is c1ccc(-c2ccc(-c3ccc(-c4cc(-c5nc6ccccc6s5)cc5oc6ccccc6c45)cc3)cc2)cc1. The van der Waals surface area contributed by atoms with Gasteiger partial charge in [0.2, 0.25) is 0 Å². The lowest BCUT2D eigenvalue weighted by Crippen LogP contribution is -1.85. The first-order valence-electron chi connectivity index (χ1n) is 13.4. The molecule has 0 amide bonds. The zero-order chi connectivity index (χ0) is 26.5. The lowest BCUT2D eigenvalue weighted by atomic mass is 9.95. The number of nitrogens with zero attached hydrogens (tertiary/aromatic N) is 1. The molecule has 2 nitrogen and oxygen atoms in total. The highest BCUT2D eigenvalue weighted by molar-refractivity contribution is 7.21. The van der Waals surface area contributed by atoms with E-state index in [9.17, 15) is 0 Å². The Morgan fingerprint density at radius 1 is 0.475 bits per heavy atom. The summed E-state index contributed by atoms with van der Waals surface area (Å²) in [6, 6.07) is 49.1. The summed E-state index contributed by atoms with van der Waals surface area (Å²) in [5.41, 5.74) is 11.0. The second-order valence-electron chi connectivity index (χ2n) is 10.0. The highest BCUT2D eigenvalue weighted by Crippen LogP contribution is 2.41. The summed E-state index contributed by atoms with van der Waals surface area (Å²) in [5, 5.41) is 3.27. The van der Waals surface area contributed by atoms with Gasteiger partial charge in [0.05, 0.1) is 10.2 Å². The van der Waals surface area contributed by atoms with Gasteiger partial charge < -0.3 is 4.42 Å². The molecule has 0 bridgehead atoms. The van der Waals surface area contributed by atoms with E-state index < -0.39 is 0 Å². The third-order valence-corrected chi connectivity index (χ3v) is 8.63. The Hall–Kier alpha value is -4.99. The Labute approximate surface area is 235 Å². The fourth-order valence-electron chi connectivity index (χ4n) is 5.53. The fourth-order valence-corrected chi connectivity index (χ4v) is 6.48. The molecule has 3 heteroatoms. The average Bonchev–Trinajstić information content (AvgIpc) is 3.63. The monoisotopic (exact) mass is 529 g/mol. The van der Waals surface area contributed by atoms with Crippen LogP contribution in [0.1, 0.15) is 0 Å². The van der Waals surface area contributed by atoms with Crippen LogP contribution in [-0.4, -0.2) is 4.98 Å². The average molecular weight is 530 g/mol.